The number of rotatable bonds is 5. The Bertz CT molecular complexity index is 1010. The van der Waals surface area contributed by atoms with Crippen molar-refractivity contribution in [1.29, 1.82) is 0 Å². The molecule has 1 atom stereocenters. The number of nitrogens with one attached hydrogen (secondary N) is 1. The second kappa shape index (κ2) is 8.08. The predicted octanol–water partition coefficient (Wildman–Crippen LogP) is 1.76. The number of fused-ring (bicyclic) bond motifs is 1. The number of halogens is 1. The van der Waals surface area contributed by atoms with E-state index in [1.807, 2.05) is 6.92 Å². The predicted molar refractivity (Wildman–Crippen MR) is 106 cm³/mol. The van der Waals surface area contributed by atoms with Crippen LogP contribution in [0.5, 0.6) is 5.88 Å². The Hall–Kier alpha value is -2.52. The van der Waals surface area contributed by atoms with Crippen molar-refractivity contribution in [3.63, 3.8) is 0 Å². The number of carbonyl (C=O) groups excluding carboxylic acids is 1. The van der Waals surface area contributed by atoms with Crippen molar-refractivity contribution >= 4 is 22.3 Å². The highest BCUT2D eigenvalue weighted by Crippen LogP contribution is 2.35. The van der Waals surface area contributed by atoms with Crippen molar-refractivity contribution in [2.75, 3.05) is 20.2 Å². The summed E-state index contributed by atoms with van der Waals surface area (Å²) < 4.78 is 19.9. The topological polar surface area (TPSA) is 81.2 Å². The molecule has 9 heteroatoms. The van der Waals surface area contributed by atoms with Gasteiger partial charge < -0.3 is 14.7 Å². The lowest BCUT2D eigenvalue weighted by molar-refractivity contribution is -0.930. The SMILES string of the molecule is CCc1nc2sc([C@H](c3ccc(F)cc3)[NH+]3CCC(C(=O)OC)CC3)c(O)n2n1. The average molecular weight is 420 g/mol. The van der Waals surface area contributed by atoms with Crippen molar-refractivity contribution in [2.24, 2.45) is 5.92 Å². The number of aromatic hydroxyl groups is 1. The van der Waals surface area contributed by atoms with Gasteiger partial charge in [-0.05, 0) is 24.3 Å². The monoisotopic (exact) mass is 419 g/mol. The first kappa shape index (κ1) is 19.8. The van der Waals surface area contributed by atoms with Crippen molar-refractivity contribution in [2.45, 2.75) is 32.2 Å². The van der Waals surface area contributed by atoms with Gasteiger partial charge in [0.15, 0.2) is 11.9 Å². The number of thiazole rings is 1. The summed E-state index contributed by atoms with van der Waals surface area (Å²) in [6, 6.07) is 6.20. The van der Waals surface area contributed by atoms with Crippen LogP contribution in [0.25, 0.3) is 4.96 Å². The molecule has 7 nitrogen and oxygen atoms in total. The Morgan fingerprint density at radius 1 is 1.38 bits per heavy atom. The zero-order chi connectivity index (χ0) is 20.5. The van der Waals surface area contributed by atoms with Gasteiger partial charge in [0.25, 0.3) is 0 Å². The molecular formula is C20H24FN4O3S+. The molecule has 0 radical (unpaired) electrons. The number of benzene rings is 1. The smallest absolute Gasteiger partial charge is 0.309 e. The number of hydrogen-bond acceptors (Lipinski definition) is 6. The number of ether oxygens (including phenoxy) is 1. The van der Waals surface area contributed by atoms with Gasteiger partial charge in [-0.1, -0.05) is 18.3 Å². The largest absolute Gasteiger partial charge is 0.492 e. The fourth-order valence-corrected chi connectivity index (χ4v) is 5.20. The second-order valence-corrected chi connectivity index (χ2v) is 8.32. The van der Waals surface area contributed by atoms with Crippen LogP contribution >= 0.6 is 11.3 Å². The van der Waals surface area contributed by atoms with Gasteiger partial charge >= 0.3 is 5.97 Å². The van der Waals surface area contributed by atoms with Gasteiger partial charge in [0, 0.05) is 24.8 Å². The summed E-state index contributed by atoms with van der Waals surface area (Å²) in [5.74, 6) is 0.194. The number of piperidine rings is 1. The summed E-state index contributed by atoms with van der Waals surface area (Å²) >= 11 is 1.41. The maximum absolute atomic E-state index is 13.5. The Kier molecular flexibility index (Phi) is 5.51. The van der Waals surface area contributed by atoms with Gasteiger partial charge in [-0.2, -0.15) is 4.52 Å². The van der Waals surface area contributed by atoms with Crippen LogP contribution in [-0.2, 0) is 16.0 Å². The van der Waals surface area contributed by atoms with Gasteiger partial charge in [0.05, 0.1) is 26.1 Å². The van der Waals surface area contributed by atoms with Gasteiger partial charge in [-0.25, -0.2) is 9.37 Å². The van der Waals surface area contributed by atoms with E-state index < -0.39 is 0 Å². The minimum atomic E-state index is -0.300. The van der Waals surface area contributed by atoms with E-state index >= 15 is 0 Å². The summed E-state index contributed by atoms with van der Waals surface area (Å²) in [6.07, 6.45) is 2.11. The number of methoxy groups -OCH3 is 1. The molecule has 0 aliphatic carbocycles. The van der Waals surface area contributed by atoms with Crippen LogP contribution in [0.2, 0.25) is 0 Å². The Morgan fingerprint density at radius 2 is 2.07 bits per heavy atom. The molecule has 4 rings (SSSR count). The highest BCUT2D eigenvalue weighted by atomic mass is 32.1. The minimum absolute atomic E-state index is 0.0779. The summed E-state index contributed by atoms with van der Waals surface area (Å²) in [5.41, 5.74) is 0.911. The Morgan fingerprint density at radius 3 is 2.66 bits per heavy atom. The average Bonchev–Trinajstić information content (AvgIpc) is 3.29. The van der Waals surface area contributed by atoms with Gasteiger partial charge in [0.1, 0.15) is 10.7 Å². The summed E-state index contributed by atoms with van der Waals surface area (Å²) in [5, 5.41) is 15.3. The molecule has 1 fully saturated rings. The lowest BCUT2D eigenvalue weighted by Crippen LogP contribution is -3.13. The van der Waals surface area contributed by atoms with Gasteiger partial charge in [-0.3, -0.25) is 4.79 Å². The fourth-order valence-electron chi connectivity index (χ4n) is 4.04. The molecule has 3 aromatic rings. The van der Waals surface area contributed by atoms with Crippen molar-refractivity contribution < 1.29 is 23.9 Å². The third-order valence-corrected chi connectivity index (χ3v) is 6.68. The first-order valence-corrected chi connectivity index (χ1v) is 10.6. The first-order valence-electron chi connectivity index (χ1n) is 9.77. The minimum Gasteiger partial charge on any atom is -0.492 e. The number of hydrogen-bond donors (Lipinski definition) is 2. The standard InChI is InChI=1S/C20H23FN4O3S/c1-3-15-22-20-25(23-15)18(26)17(29-20)16(12-4-6-14(21)7-5-12)24-10-8-13(9-11-24)19(27)28-2/h4-7,13,16,26H,3,8-11H2,1-2H3/p+1/t16-/m0/s1. The maximum Gasteiger partial charge on any atom is 0.309 e. The summed E-state index contributed by atoms with van der Waals surface area (Å²) in [4.78, 5) is 19.0. The third kappa shape index (κ3) is 3.72. The van der Waals surface area contributed by atoms with Crippen molar-refractivity contribution in [3.05, 3.63) is 46.3 Å². The quantitative estimate of drug-likeness (QED) is 0.616. The summed E-state index contributed by atoms with van der Waals surface area (Å²) in [6.45, 7) is 3.46. The van der Waals surface area contributed by atoms with E-state index in [1.165, 1.54) is 40.0 Å². The molecule has 1 aliphatic rings. The second-order valence-electron chi connectivity index (χ2n) is 7.31. The van der Waals surface area contributed by atoms with Gasteiger partial charge in [-0.15, -0.1) is 5.10 Å². The highest BCUT2D eigenvalue weighted by molar-refractivity contribution is 7.17. The molecular weight excluding hydrogens is 395 g/mol. The third-order valence-electron chi connectivity index (χ3n) is 5.60. The van der Waals surface area contributed by atoms with E-state index in [2.05, 4.69) is 10.1 Å². The van der Waals surface area contributed by atoms with E-state index in [4.69, 9.17) is 4.74 Å². The molecule has 0 bridgehead atoms. The number of aryl methyl sites for hydroxylation is 1. The molecule has 2 N–H and O–H groups in total. The van der Waals surface area contributed by atoms with Crippen LogP contribution in [0, 0.1) is 11.7 Å². The van der Waals surface area contributed by atoms with Crippen LogP contribution < -0.4 is 4.90 Å². The van der Waals surface area contributed by atoms with E-state index in [0.717, 1.165) is 23.5 Å². The molecule has 1 aliphatic heterocycles. The van der Waals surface area contributed by atoms with Crippen LogP contribution in [0.4, 0.5) is 4.39 Å². The Labute approximate surface area is 171 Å². The number of likely N-dealkylation sites (tertiary alicyclic amines) is 1. The molecule has 0 spiro atoms. The lowest BCUT2D eigenvalue weighted by atomic mass is 9.93. The van der Waals surface area contributed by atoms with E-state index in [-0.39, 0.29) is 29.6 Å². The zero-order valence-corrected chi connectivity index (χ0v) is 17.2. The maximum atomic E-state index is 13.5. The van der Waals surface area contributed by atoms with E-state index in [0.29, 0.717) is 30.0 Å². The molecule has 2 aromatic heterocycles. The number of carbonyl (C=O) groups is 1. The first-order chi connectivity index (χ1) is 14.0. The Balaban J connectivity index is 1.70. The van der Waals surface area contributed by atoms with Crippen LogP contribution in [0.15, 0.2) is 24.3 Å². The van der Waals surface area contributed by atoms with Crippen LogP contribution in [0.3, 0.4) is 0 Å². The number of nitrogens with zero attached hydrogens (tertiary/aromatic N) is 3. The molecule has 154 valence electrons. The van der Waals surface area contributed by atoms with Crippen LogP contribution in [-0.4, -0.2) is 45.9 Å². The van der Waals surface area contributed by atoms with Gasteiger partial charge in [0.2, 0.25) is 10.8 Å². The molecule has 3 heterocycles. The number of esters is 1. The van der Waals surface area contributed by atoms with Crippen LogP contribution in [0.1, 0.15) is 42.1 Å². The molecule has 0 unspecified atom stereocenters. The molecule has 1 saturated heterocycles. The normalized spacial score (nSPS) is 20.7. The van der Waals surface area contributed by atoms with Crippen molar-refractivity contribution in [3.8, 4) is 5.88 Å². The van der Waals surface area contributed by atoms with Crippen molar-refractivity contribution in [1.82, 2.24) is 14.6 Å². The zero-order valence-electron chi connectivity index (χ0n) is 16.4. The number of quaternary nitrogens is 1. The molecule has 0 amide bonds. The molecule has 29 heavy (non-hydrogen) atoms. The lowest BCUT2D eigenvalue weighted by Gasteiger charge is -2.33. The fraction of sp³-hybridized carbons (Fsp3) is 0.450. The van der Waals surface area contributed by atoms with E-state index in [1.54, 1.807) is 12.1 Å². The molecule has 0 saturated carbocycles. The molecule has 1 aromatic carbocycles. The number of aromatic nitrogens is 3. The summed E-state index contributed by atoms with van der Waals surface area (Å²) in [7, 11) is 1.42. The highest BCUT2D eigenvalue weighted by Gasteiger charge is 2.37. The van der Waals surface area contributed by atoms with E-state index in [9.17, 15) is 14.3 Å².